The molecule has 0 saturated heterocycles. The predicted octanol–water partition coefficient (Wildman–Crippen LogP) is 2.76. The highest BCUT2D eigenvalue weighted by Gasteiger charge is 2.19. The first-order valence-corrected chi connectivity index (χ1v) is 7.46. The number of benzene rings is 1. The molecule has 1 heterocycles. The van der Waals surface area contributed by atoms with Crippen LogP contribution in [0.15, 0.2) is 30.6 Å². The minimum Gasteiger partial charge on any atom is -0.314 e. The summed E-state index contributed by atoms with van der Waals surface area (Å²) in [5.41, 5.74) is 0.733. The Morgan fingerprint density at radius 1 is 1.29 bits per heavy atom. The third-order valence-corrected chi connectivity index (χ3v) is 3.54. The van der Waals surface area contributed by atoms with Crippen LogP contribution < -0.4 is 5.32 Å². The molecule has 0 spiro atoms. The molecule has 114 valence electrons. The smallest absolute Gasteiger partial charge is 0.138 e. The van der Waals surface area contributed by atoms with Gasteiger partial charge in [0.25, 0.3) is 0 Å². The van der Waals surface area contributed by atoms with E-state index in [0.717, 1.165) is 24.5 Å². The normalized spacial score (nSPS) is 12.8. The third kappa shape index (κ3) is 4.11. The average Bonchev–Trinajstić information content (AvgIpc) is 2.91. The average molecular weight is 290 g/mol. The topological polar surface area (TPSA) is 42.7 Å². The van der Waals surface area contributed by atoms with Crippen molar-refractivity contribution < 1.29 is 4.39 Å². The monoisotopic (exact) mass is 290 g/mol. The molecular weight excluding hydrogens is 267 g/mol. The number of hydrogen-bond acceptors (Lipinski definition) is 3. The fourth-order valence-corrected chi connectivity index (χ4v) is 2.41. The first-order valence-electron chi connectivity index (χ1n) is 7.46. The molecule has 0 amide bonds. The summed E-state index contributed by atoms with van der Waals surface area (Å²) in [6, 6.07) is 7.34. The molecule has 1 aromatic heterocycles. The lowest BCUT2D eigenvalue weighted by molar-refractivity contribution is 0.488. The molecule has 1 atom stereocenters. The maximum Gasteiger partial charge on any atom is 0.138 e. The van der Waals surface area contributed by atoms with E-state index in [1.807, 2.05) is 23.7 Å². The summed E-state index contributed by atoms with van der Waals surface area (Å²) in [7, 11) is 0. The summed E-state index contributed by atoms with van der Waals surface area (Å²) in [5.74, 6) is 0.787. The molecule has 0 aliphatic rings. The van der Waals surface area contributed by atoms with Gasteiger partial charge in [-0.05, 0) is 18.6 Å². The summed E-state index contributed by atoms with van der Waals surface area (Å²) in [6.07, 6.45) is 2.24. The Bertz CT molecular complexity index is 565. The van der Waals surface area contributed by atoms with Gasteiger partial charge in [0.05, 0.1) is 0 Å². The van der Waals surface area contributed by atoms with Crippen molar-refractivity contribution in [3.63, 3.8) is 0 Å². The van der Waals surface area contributed by atoms with Gasteiger partial charge in [0.2, 0.25) is 0 Å². The van der Waals surface area contributed by atoms with E-state index in [2.05, 4.69) is 29.2 Å². The molecule has 1 aromatic carbocycles. The van der Waals surface area contributed by atoms with Crippen LogP contribution in [0.5, 0.6) is 0 Å². The zero-order chi connectivity index (χ0) is 15.2. The van der Waals surface area contributed by atoms with Crippen molar-refractivity contribution in [2.45, 2.75) is 45.7 Å². The molecule has 0 fully saturated rings. The maximum atomic E-state index is 14.1. The molecule has 1 unspecified atom stereocenters. The Morgan fingerprint density at radius 3 is 2.71 bits per heavy atom. The van der Waals surface area contributed by atoms with Gasteiger partial charge in [0.15, 0.2) is 0 Å². The molecule has 2 aromatic rings. The van der Waals surface area contributed by atoms with Gasteiger partial charge in [-0.2, -0.15) is 5.10 Å². The Balaban J connectivity index is 2.22. The number of nitrogens with one attached hydrogen (secondary N) is 1. The van der Waals surface area contributed by atoms with Crippen LogP contribution in [0.1, 0.15) is 38.1 Å². The summed E-state index contributed by atoms with van der Waals surface area (Å²) in [5, 5.41) is 7.59. The van der Waals surface area contributed by atoms with Gasteiger partial charge < -0.3 is 5.32 Å². The van der Waals surface area contributed by atoms with Crippen LogP contribution >= 0.6 is 0 Å². The van der Waals surface area contributed by atoms with Crippen LogP contribution in [0.3, 0.4) is 0 Å². The van der Waals surface area contributed by atoms with Crippen LogP contribution in [0, 0.1) is 5.82 Å². The SMILES string of the molecule is CCn1ncnc1CC(CNC(C)C)c1ccccc1F. The van der Waals surface area contributed by atoms with Crippen molar-refractivity contribution in [3.8, 4) is 0 Å². The molecule has 0 aliphatic carbocycles. The van der Waals surface area contributed by atoms with Gasteiger partial charge >= 0.3 is 0 Å². The minimum absolute atomic E-state index is 0.0445. The van der Waals surface area contributed by atoms with Gasteiger partial charge in [-0.3, -0.25) is 4.68 Å². The lowest BCUT2D eigenvalue weighted by Gasteiger charge is -2.20. The fraction of sp³-hybridized carbons (Fsp3) is 0.500. The number of aryl methyl sites for hydroxylation is 1. The van der Waals surface area contributed by atoms with Gasteiger partial charge in [0, 0.05) is 31.5 Å². The van der Waals surface area contributed by atoms with E-state index >= 15 is 0 Å². The lowest BCUT2D eigenvalue weighted by atomic mass is 9.94. The summed E-state index contributed by atoms with van der Waals surface area (Å²) >= 11 is 0. The highest BCUT2D eigenvalue weighted by atomic mass is 19.1. The summed E-state index contributed by atoms with van der Waals surface area (Å²) in [4.78, 5) is 4.31. The molecule has 0 bridgehead atoms. The van der Waals surface area contributed by atoms with Crippen molar-refractivity contribution >= 4 is 0 Å². The molecule has 1 N–H and O–H groups in total. The van der Waals surface area contributed by atoms with E-state index in [1.165, 1.54) is 6.07 Å². The number of aromatic nitrogens is 3. The van der Waals surface area contributed by atoms with E-state index in [9.17, 15) is 4.39 Å². The van der Waals surface area contributed by atoms with Gasteiger partial charge in [-0.25, -0.2) is 9.37 Å². The third-order valence-electron chi connectivity index (χ3n) is 3.54. The highest BCUT2D eigenvalue weighted by molar-refractivity contribution is 5.23. The van der Waals surface area contributed by atoms with Crippen LogP contribution in [0.25, 0.3) is 0 Å². The second kappa shape index (κ2) is 7.31. The van der Waals surface area contributed by atoms with Crippen LogP contribution in [0.4, 0.5) is 4.39 Å². The zero-order valence-corrected chi connectivity index (χ0v) is 12.9. The van der Waals surface area contributed by atoms with Gasteiger partial charge in [-0.1, -0.05) is 32.0 Å². The van der Waals surface area contributed by atoms with E-state index in [1.54, 1.807) is 12.4 Å². The highest BCUT2D eigenvalue weighted by Crippen LogP contribution is 2.22. The first-order chi connectivity index (χ1) is 10.1. The Hall–Kier alpha value is -1.75. The molecule has 21 heavy (non-hydrogen) atoms. The second-order valence-corrected chi connectivity index (χ2v) is 5.48. The van der Waals surface area contributed by atoms with Crippen LogP contribution in [-0.4, -0.2) is 27.4 Å². The predicted molar refractivity (Wildman–Crippen MR) is 81.7 cm³/mol. The van der Waals surface area contributed by atoms with Crippen molar-refractivity contribution in [2.75, 3.05) is 6.54 Å². The van der Waals surface area contributed by atoms with Crippen molar-refractivity contribution in [3.05, 3.63) is 47.8 Å². The van der Waals surface area contributed by atoms with Gasteiger partial charge in [0.1, 0.15) is 18.0 Å². The Morgan fingerprint density at radius 2 is 2.05 bits per heavy atom. The van der Waals surface area contributed by atoms with Crippen molar-refractivity contribution in [1.82, 2.24) is 20.1 Å². The first kappa shape index (κ1) is 15.6. The van der Waals surface area contributed by atoms with E-state index < -0.39 is 0 Å². The molecule has 0 saturated carbocycles. The number of halogens is 1. The molecule has 0 radical (unpaired) electrons. The molecule has 5 heteroatoms. The molecule has 2 rings (SSSR count). The molecule has 4 nitrogen and oxygen atoms in total. The Kier molecular flexibility index (Phi) is 5.44. The molecule has 0 aliphatic heterocycles. The molecular formula is C16H23FN4. The van der Waals surface area contributed by atoms with Crippen LogP contribution in [-0.2, 0) is 13.0 Å². The van der Waals surface area contributed by atoms with E-state index in [0.29, 0.717) is 12.5 Å². The Labute approximate surface area is 125 Å². The lowest BCUT2D eigenvalue weighted by Crippen LogP contribution is -2.29. The number of hydrogen-bond donors (Lipinski definition) is 1. The largest absolute Gasteiger partial charge is 0.314 e. The fourth-order valence-electron chi connectivity index (χ4n) is 2.41. The summed E-state index contributed by atoms with van der Waals surface area (Å²) < 4.78 is 16.0. The standard InChI is InChI=1S/C16H23FN4/c1-4-21-16(19-11-20-21)9-13(10-18-12(2)3)14-7-5-6-8-15(14)17/h5-8,11-13,18H,4,9-10H2,1-3H3. The second-order valence-electron chi connectivity index (χ2n) is 5.48. The zero-order valence-electron chi connectivity index (χ0n) is 12.9. The van der Waals surface area contributed by atoms with Crippen LogP contribution in [0.2, 0.25) is 0 Å². The summed E-state index contributed by atoms with van der Waals surface area (Å²) in [6.45, 7) is 7.70. The van der Waals surface area contributed by atoms with Gasteiger partial charge in [-0.15, -0.1) is 0 Å². The van der Waals surface area contributed by atoms with Crippen molar-refractivity contribution in [2.24, 2.45) is 0 Å². The van der Waals surface area contributed by atoms with Crippen molar-refractivity contribution in [1.29, 1.82) is 0 Å². The number of rotatable bonds is 7. The minimum atomic E-state index is -0.157. The van der Waals surface area contributed by atoms with E-state index in [4.69, 9.17) is 0 Å². The van der Waals surface area contributed by atoms with E-state index in [-0.39, 0.29) is 11.7 Å². The number of nitrogens with zero attached hydrogens (tertiary/aromatic N) is 3. The quantitative estimate of drug-likeness (QED) is 0.852. The maximum absolute atomic E-state index is 14.1.